The highest BCUT2D eigenvalue weighted by atomic mass is 35.5. The molecule has 0 radical (unpaired) electrons. The first kappa shape index (κ1) is 22.6. The molecule has 0 saturated carbocycles. The standard InChI is InChI=1S/C21H17Cl2N3O4S/c1-24-20(27)13-5-8-16(9-6-13)25-21(28)14-3-2-4-17(11-14)26-31(29,30)19-12-15(22)7-10-18(19)23/h2-12,26H,1H3,(H,24,27)(H,25,28). The van der Waals surface area contributed by atoms with Crippen molar-refractivity contribution < 1.29 is 18.0 Å². The summed E-state index contributed by atoms with van der Waals surface area (Å²) in [5, 5.41) is 5.45. The molecule has 0 aromatic heterocycles. The summed E-state index contributed by atoms with van der Waals surface area (Å²) in [6, 6.07) is 16.4. The number of amides is 2. The lowest BCUT2D eigenvalue weighted by atomic mass is 10.1. The first-order valence-corrected chi connectivity index (χ1v) is 11.1. The summed E-state index contributed by atoms with van der Waals surface area (Å²) in [6.07, 6.45) is 0. The number of nitrogens with one attached hydrogen (secondary N) is 3. The summed E-state index contributed by atoms with van der Waals surface area (Å²) in [5.41, 5.74) is 1.34. The van der Waals surface area contributed by atoms with Gasteiger partial charge >= 0.3 is 0 Å². The molecule has 0 saturated heterocycles. The Labute approximate surface area is 189 Å². The number of halogens is 2. The van der Waals surface area contributed by atoms with E-state index in [1.54, 1.807) is 36.4 Å². The number of hydrogen-bond donors (Lipinski definition) is 3. The van der Waals surface area contributed by atoms with Gasteiger partial charge in [0.2, 0.25) is 0 Å². The van der Waals surface area contributed by atoms with Gasteiger partial charge in [-0.1, -0.05) is 29.3 Å². The van der Waals surface area contributed by atoms with Crippen molar-refractivity contribution >= 4 is 56.4 Å². The van der Waals surface area contributed by atoms with Gasteiger partial charge in [0.05, 0.1) is 5.02 Å². The summed E-state index contributed by atoms with van der Waals surface area (Å²) in [6.45, 7) is 0. The van der Waals surface area contributed by atoms with Crippen molar-refractivity contribution in [2.75, 3.05) is 17.1 Å². The quantitative estimate of drug-likeness (QED) is 0.488. The van der Waals surface area contributed by atoms with Gasteiger partial charge in [-0.3, -0.25) is 14.3 Å². The van der Waals surface area contributed by atoms with Gasteiger partial charge in [0.15, 0.2) is 0 Å². The number of carbonyl (C=O) groups is 2. The number of benzene rings is 3. The molecule has 10 heteroatoms. The van der Waals surface area contributed by atoms with E-state index in [4.69, 9.17) is 23.2 Å². The maximum absolute atomic E-state index is 12.7. The maximum Gasteiger partial charge on any atom is 0.263 e. The lowest BCUT2D eigenvalue weighted by molar-refractivity contribution is 0.0962. The second-order valence-electron chi connectivity index (χ2n) is 6.37. The summed E-state index contributed by atoms with van der Waals surface area (Å²) < 4.78 is 27.7. The minimum absolute atomic E-state index is 0.0194. The molecule has 0 fully saturated rings. The van der Waals surface area contributed by atoms with Crippen molar-refractivity contribution in [1.29, 1.82) is 0 Å². The first-order valence-electron chi connectivity index (χ1n) is 8.91. The largest absolute Gasteiger partial charge is 0.355 e. The average Bonchev–Trinajstić information content (AvgIpc) is 2.75. The number of rotatable bonds is 6. The second kappa shape index (κ2) is 9.38. The third-order valence-electron chi connectivity index (χ3n) is 4.19. The molecule has 3 aromatic carbocycles. The highest BCUT2D eigenvalue weighted by Crippen LogP contribution is 2.27. The Balaban J connectivity index is 1.77. The third-order valence-corrected chi connectivity index (χ3v) is 6.29. The molecule has 3 aromatic rings. The van der Waals surface area contributed by atoms with E-state index in [9.17, 15) is 18.0 Å². The molecular weight excluding hydrogens is 461 g/mol. The van der Waals surface area contributed by atoms with Crippen LogP contribution < -0.4 is 15.4 Å². The Morgan fingerprint density at radius 1 is 0.806 bits per heavy atom. The van der Waals surface area contributed by atoms with E-state index in [2.05, 4.69) is 15.4 Å². The highest BCUT2D eigenvalue weighted by molar-refractivity contribution is 7.92. The minimum atomic E-state index is -4.02. The fourth-order valence-corrected chi connectivity index (χ4v) is 4.48. The normalized spacial score (nSPS) is 10.9. The SMILES string of the molecule is CNC(=O)c1ccc(NC(=O)c2cccc(NS(=O)(=O)c3cc(Cl)ccc3Cl)c2)cc1. The average molecular weight is 478 g/mol. The summed E-state index contributed by atoms with van der Waals surface area (Å²) in [4.78, 5) is 24.0. The van der Waals surface area contributed by atoms with Crippen LogP contribution in [0.1, 0.15) is 20.7 Å². The van der Waals surface area contributed by atoms with Crippen molar-refractivity contribution in [3.8, 4) is 0 Å². The molecule has 2 amide bonds. The van der Waals surface area contributed by atoms with Gasteiger partial charge in [-0.25, -0.2) is 8.42 Å². The van der Waals surface area contributed by atoms with E-state index in [0.717, 1.165) is 0 Å². The Hall–Kier alpha value is -3.07. The molecule has 0 heterocycles. The van der Waals surface area contributed by atoms with Crippen LogP contribution in [0.2, 0.25) is 10.0 Å². The fraction of sp³-hybridized carbons (Fsp3) is 0.0476. The number of anilines is 2. The van der Waals surface area contributed by atoms with Gasteiger partial charge in [0.1, 0.15) is 4.90 Å². The zero-order valence-electron chi connectivity index (χ0n) is 16.1. The summed E-state index contributed by atoms with van der Waals surface area (Å²) in [5.74, 6) is -0.688. The molecule has 3 N–H and O–H groups in total. The van der Waals surface area contributed by atoms with Crippen LogP contribution in [-0.4, -0.2) is 27.3 Å². The number of hydrogen-bond acceptors (Lipinski definition) is 4. The number of carbonyl (C=O) groups excluding carboxylic acids is 2. The Bertz CT molecular complexity index is 1250. The van der Waals surface area contributed by atoms with Crippen molar-refractivity contribution in [2.45, 2.75) is 4.90 Å². The van der Waals surface area contributed by atoms with Gasteiger partial charge < -0.3 is 10.6 Å². The van der Waals surface area contributed by atoms with Crippen molar-refractivity contribution in [1.82, 2.24) is 5.32 Å². The first-order chi connectivity index (χ1) is 14.7. The van der Waals surface area contributed by atoms with Crippen LogP contribution in [0.25, 0.3) is 0 Å². The molecule has 0 unspecified atom stereocenters. The second-order valence-corrected chi connectivity index (χ2v) is 8.87. The van der Waals surface area contributed by atoms with Crippen LogP contribution in [0.4, 0.5) is 11.4 Å². The molecule has 0 spiro atoms. The van der Waals surface area contributed by atoms with Crippen LogP contribution in [0, 0.1) is 0 Å². The summed E-state index contributed by atoms with van der Waals surface area (Å²) >= 11 is 11.9. The van der Waals surface area contributed by atoms with E-state index < -0.39 is 15.9 Å². The van der Waals surface area contributed by atoms with Gasteiger partial charge in [0, 0.05) is 34.6 Å². The molecule has 0 atom stereocenters. The van der Waals surface area contributed by atoms with Gasteiger partial charge in [-0.15, -0.1) is 0 Å². The molecule has 3 rings (SSSR count). The van der Waals surface area contributed by atoms with E-state index in [-0.39, 0.29) is 32.1 Å². The molecule has 160 valence electrons. The molecule has 0 aliphatic heterocycles. The van der Waals surface area contributed by atoms with Crippen LogP contribution in [0.3, 0.4) is 0 Å². The predicted octanol–water partition coefficient (Wildman–Crippen LogP) is 4.41. The monoisotopic (exact) mass is 477 g/mol. The third kappa shape index (κ3) is 5.55. The predicted molar refractivity (Wildman–Crippen MR) is 121 cm³/mol. The van der Waals surface area contributed by atoms with Crippen molar-refractivity contribution in [3.63, 3.8) is 0 Å². The van der Waals surface area contributed by atoms with E-state index in [0.29, 0.717) is 11.3 Å². The zero-order chi connectivity index (χ0) is 22.6. The Morgan fingerprint density at radius 2 is 1.52 bits per heavy atom. The Kier molecular flexibility index (Phi) is 6.84. The number of sulfonamides is 1. The van der Waals surface area contributed by atoms with Crippen LogP contribution in [-0.2, 0) is 10.0 Å². The van der Waals surface area contributed by atoms with Crippen molar-refractivity contribution in [3.05, 3.63) is 87.9 Å². The highest BCUT2D eigenvalue weighted by Gasteiger charge is 2.19. The topological polar surface area (TPSA) is 104 Å². The van der Waals surface area contributed by atoms with E-state index >= 15 is 0 Å². The minimum Gasteiger partial charge on any atom is -0.355 e. The molecule has 0 aliphatic carbocycles. The van der Waals surface area contributed by atoms with Gasteiger partial charge in [-0.05, 0) is 60.7 Å². The van der Waals surface area contributed by atoms with Crippen molar-refractivity contribution in [2.24, 2.45) is 0 Å². The van der Waals surface area contributed by atoms with Crippen LogP contribution in [0.5, 0.6) is 0 Å². The van der Waals surface area contributed by atoms with Gasteiger partial charge in [0.25, 0.3) is 21.8 Å². The smallest absolute Gasteiger partial charge is 0.263 e. The van der Waals surface area contributed by atoms with E-state index in [1.165, 1.54) is 37.4 Å². The zero-order valence-corrected chi connectivity index (χ0v) is 18.5. The summed E-state index contributed by atoms with van der Waals surface area (Å²) in [7, 11) is -2.49. The molecule has 31 heavy (non-hydrogen) atoms. The molecule has 0 aliphatic rings. The van der Waals surface area contributed by atoms with Crippen LogP contribution in [0.15, 0.2) is 71.6 Å². The molecular formula is C21H17Cl2N3O4S. The Morgan fingerprint density at radius 3 is 2.19 bits per heavy atom. The fourth-order valence-electron chi connectivity index (χ4n) is 2.67. The van der Waals surface area contributed by atoms with E-state index in [1.807, 2.05) is 0 Å². The molecule has 7 nitrogen and oxygen atoms in total. The lowest BCUT2D eigenvalue weighted by Crippen LogP contribution is -2.18. The lowest BCUT2D eigenvalue weighted by Gasteiger charge is -2.11. The van der Waals surface area contributed by atoms with Gasteiger partial charge in [-0.2, -0.15) is 0 Å². The molecule has 0 bridgehead atoms. The maximum atomic E-state index is 12.7. The van der Waals surface area contributed by atoms with Crippen LogP contribution >= 0.6 is 23.2 Å².